The van der Waals surface area contributed by atoms with E-state index in [1.54, 1.807) is 4.90 Å². The number of piperidine rings is 1. The molecule has 0 spiro atoms. The number of para-hydroxylation sites is 1. The van der Waals surface area contributed by atoms with Gasteiger partial charge < -0.3 is 20.4 Å². The molecule has 4 rings (SSSR count). The second-order valence-corrected chi connectivity index (χ2v) is 8.47. The van der Waals surface area contributed by atoms with Crippen LogP contribution in [-0.4, -0.2) is 48.8 Å². The van der Waals surface area contributed by atoms with E-state index in [2.05, 4.69) is 15.5 Å². The van der Waals surface area contributed by atoms with Crippen LogP contribution in [-0.2, 0) is 14.4 Å². The Hall–Kier alpha value is -3.19. The second-order valence-electron chi connectivity index (χ2n) is 8.47. The van der Waals surface area contributed by atoms with Gasteiger partial charge in [-0.3, -0.25) is 14.4 Å². The predicted molar refractivity (Wildman–Crippen MR) is 126 cm³/mol. The van der Waals surface area contributed by atoms with Gasteiger partial charge in [-0.1, -0.05) is 18.2 Å². The molecule has 2 aliphatic rings. The Morgan fingerprint density at radius 1 is 0.875 bits per heavy atom. The first kappa shape index (κ1) is 22.0. The van der Waals surface area contributed by atoms with Crippen LogP contribution in [0.1, 0.15) is 32.1 Å². The van der Waals surface area contributed by atoms with Crippen molar-refractivity contribution in [2.45, 2.75) is 32.1 Å². The summed E-state index contributed by atoms with van der Waals surface area (Å²) in [5, 5.41) is 5.92. The van der Waals surface area contributed by atoms with Gasteiger partial charge in [0.05, 0.1) is 0 Å². The minimum absolute atomic E-state index is 0.0151. The van der Waals surface area contributed by atoms with E-state index in [-0.39, 0.29) is 23.6 Å². The molecule has 3 amide bonds. The lowest BCUT2D eigenvalue weighted by molar-refractivity contribution is -0.121. The molecule has 0 saturated carbocycles. The van der Waals surface area contributed by atoms with Gasteiger partial charge in [-0.2, -0.15) is 0 Å². The molecule has 2 saturated heterocycles. The fourth-order valence-corrected chi connectivity index (χ4v) is 4.31. The van der Waals surface area contributed by atoms with E-state index in [1.165, 1.54) is 0 Å². The predicted octanol–water partition coefficient (Wildman–Crippen LogP) is 3.49. The van der Waals surface area contributed by atoms with Crippen LogP contribution in [0.4, 0.5) is 17.1 Å². The molecule has 0 unspecified atom stereocenters. The van der Waals surface area contributed by atoms with Gasteiger partial charge in [0.1, 0.15) is 0 Å². The topological polar surface area (TPSA) is 81.8 Å². The smallest absolute Gasteiger partial charge is 0.227 e. The Kier molecular flexibility index (Phi) is 7.17. The number of carbonyl (C=O) groups is 3. The Labute approximate surface area is 188 Å². The molecule has 2 fully saturated rings. The molecule has 0 atom stereocenters. The van der Waals surface area contributed by atoms with Gasteiger partial charge in [0.25, 0.3) is 0 Å². The summed E-state index contributed by atoms with van der Waals surface area (Å²) in [6, 6.07) is 17.0. The van der Waals surface area contributed by atoms with Crippen molar-refractivity contribution in [3.63, 3.8) is 0 Å². The van der Waals surface area contributed by atoms with Crippen LogP contribution < -0.4 is 15.5 Å². The molecule has 168 valence electrons. The minimum Gasteiger partial charge on any atom is -0.326 e. The van der Waals surface area contributed by atoms with Crippen molar-refractivity contribution >= 4 is 34.8 Å². The Morgan fingerprint density at radius 2 is 1.56 bits per heavy atom. The van der Waals surface area contributed by atoms with Crippen LogP contribution in [0.2, 0.25) is 0 Å². The van der Waals surface area contributed by atoms with Crippen LogP contribution in [0, 0.1) is 5.92 Å². The number of nitrogens with one attached hydrogen (secondary N) is 2. The highest BCUT2D eigenvalue weighted by Gasteiger charge is 2.25. The van der Waals surface area contributed by atoms with Crippen LogP contribution in [0.3, 0.4) is 0 Å². The number of amides is 3. The van der Waals surface area contributed by atoms with Gasteiger partial charge in [-0.25, -0.2) is 0 Å². The first-order valence-corrected chi connectivity index (χ1v) is 11.4. The third-order valence-corrected chi connectivity index (χ3v) is 6.19. The Balaban J connectivity index is 1.17. The second kappa shape index (κ2) is 10.4. The number of rotatable bonds is 7. The summed E-state index contributed by atoms with van der Waals surface area (Å²) in [5.41, 5.74) is 2.45. The molecule has 2 aromatic carbocycles. The number of hydrogen-bond donors (Lipinski definition) is 2. The summed E-state index contributed by atoms with van der Waals surface area (Å²) in [4.78, 5) is 40.7. The average molecular weight is 435 g/mol. The number of anilines is 3. The van der Waals surface area contributed by atoms with Crippen molar-refractivity contribution in [3.05, 3.63) is 54.6 Å². The fourth-order valence-electron chi connectivity index (χ4n) is 4.31. The minimum atomic E-state index is -0.0288. The molecule has 2 aromatic rings. The molecule has 0 aliphatic carbocycles. The van der Waals surface area contributed by atoms with E-state index in [9.17, 15) is 14.4 Å². The first-order valence-electron chi connectivity index (χ1n) is 11.4. The zero-order valence-electron chi connectivity index (χ0n) is 18.3. The number of carbonyl (C=O) groups excluding carboxylic acids is 3. The van der Waals surface area contributed by atoms with Crippen LogP contribution in [0.5, 0.6) is 0 Å². The molecule has 32 heavy (non-hydrogen) atoms. The summed E-state index contributed by atoms with van der Waals surface area (Å²) >= 11 is 0. The maximum Gasteiger partial charge on any atom is 0.227 e. The van der Waals surface area contributed by atoms with Gasteiger partial charge in [0.2, 0.25) is 17.7 Å². The number of benzene rings is 2. The van der Waals surface area contributed by atoms with Crippen molar-refractivity contribution in [1.29, 1.82) is 0 Å². The summed E-state index contributed by atoms with van der Waals surface area (Å²) in [6.07, 6.45) is 3.51. The summed E-state index contributed by atoms with van der Waals surface area (Å²) in [7, 11) is 0. The van der Waals surface area contributed by atoms with Crippen LogP contribution in [0.15, 0.2) is 54.6 Å². The van der Waals surface area contributed by atoms with Crippen molar-refractivity contribution < 1.29 is 14.4 Å². The first-order chi connectivity index (χ1) is 15.6. The van der Waals surface area contributed by atoms with Gasteiger partial charge in [0.15, 0.2) is 0 Å². The molecular formula is C25H30N4O3. The largest absolute Gasteiger partial charge is 0.326 e. The Morgan fingerprint density at radius 3 is 2.22 bits per heavy atom. The van der Waals surface area contributed by atoms with Gasteiger partial charge in [0, 0.05) is 48.9 Å². The number of likely N-dealkylation sites (tertiary alicyclic amines) is 1. The van der Waals surface area contributed by atoms with Gasteiger partial charge in [-0.15, -0.1) is 0 Å². The summed E-state index contributed by atoms with van der Waals surface area (Å²) in [6.45, 7) is 3.08. The fraction of sp³-hybridized carbons (Fsp3) is 0.400. The van der Waals surface area contributed by atoms with E-state index in [0.29, 0.717) is 19.4 Å². The number of nitrogens with zero attached hydrogens (tertiary/aromatic N) is 2. The molecular weight excluding hydrogens is 404 g/mol. The van der Waals surface area contributed by atoms with Crippen molar-refractivity contribution in [3.8, 4) is 0 Å². The van der Waals surface area contributed by atoms with Crippen molar-refractivity contribution in [2.24, 2.45) is 5.92 Å². The lowest BCUT2D eigenvalue weighted by Crippen LogP contribution is -2.39. The average Bonchev–Trinajstić information content (AvgIpc) is 3.25. The standard InChI is InChI=1S/C25H30N4O3/c30-23(26-21-8-10-22(11-9-21)29-15-4-7-24(29)31)14-18-28-16-12-19(13-17-28)25(32)27-20-5-2-1-3-6-20/h1-3,5-6,8-11,19H,4,7,12-18H2,(H,26,30)(H,27,32). The van der Waals surface area contributed by atoms with Gasteiger partial charge in [-0.05, 0) is 68.8 Å². The lowest BCUT2D eigenvalue weighted by Gasteiger charge is -2.31. The van der Waals surface area contributed by atoms with Gasteiger partial charge >= 0.3 is 0 Å². The normalized spacial score (nSPS) is 17.4. The monoisotopic (exact) mass is 434 g/mol. The van der Waals surface area contributed by atoms with E-state index in [0.717, 1.165) is 56.0 Å². The molecule has 2 heterocycles. The van der Waals surface area contributed by atoms with Crippen molar-refractivity contribution in [1.82, 2.24) is 4.90 Å². The van der Waals surface area contributed by atoms with Crippen molar-refractivity contribution in [2.75, 3.05) is 41.7 Å². The van der Waals surface area contributed by atoms with E-state index >= 15 is 0 Å². The van der Waals surface area contributed by atoms with Crippen LogP contribution >= 0.6 is 0 Å². The summed E-state index contributed by atoms with van der Waals surface area (Å²) < 4.78 is 0. The van der Waals surface area contributed by atoms with E-state index < -0.39 is 0 Å². The van der Waals surface area contributed by atoms with E-state index in [1.807, 2.05) is 54.6 Å². The molecule has 2 aliphatic heterocycles. The lowest BCUT2D eigenvalue weighted by atomic mass is 9.95. The maximum atomic E-state index is 12.5. The third kappa shape index (κ3) is 5.73. The molecule has 7 nitrogen and oxygen atoms in total. The highest BCUT2D eigenvalue weighted by atomic mass is 16.2. The molecule has 0 radical (unpaired) electrons. The molecule has 0 aromatic heterocycles. The zero-order valence-corrected chi connectivity index (χ0v) is 18.3. The molecule has 0 bridgehead atoms. The highest BCUT2D eigenvalue weighted by molar-refractivity contribution is 5.96. The maximum absolute atomic E-state index is 12.5. The highest BCUT2D eigenvalue weighted by Crippen LogP contribution is 2.23. The molecule has 2 N–H and O–H groups in total. The summed E-state index contributed by atoms with van der Waals surface area (Å²) in [5.74, 6) is 0.219. The SMILES string of the molecule is O=C(CCN1CCC(C(=O)Nc2ccccc2)CC1)Nc1ccc(N2CCCC2=O)cc1. The number of hydrogen-bond acceptors (Lipinski definition) is 4. The van der Waals surface area contributed by atoms with Crippen LogP contribution in [0.25, 0.3) is 0 Å². The zero-order chi connectivity index (χ0) is 22.3. The quantitative estimate of drug-likeness (QED) is 0.699. The third-order valence-electron chi connectivity index (χ3n) is 6.19. The van der Waals surface area contributed by atoms with E-state index in [4.69, 9.17) is 0 Å². The Bertz CT molecular complexity index is 937. The molecule has 7 heteroatoms.